The molecule has 2 aromatic carbocycles. The van der Waals surface area contributed by atoms with Crippen LogP contribution in [0.2, 0.25) is 0 Å². The van der Waals surface area contributed by atoms with E-state index in [4.69, 9.17) is 4.74 Å². The third kappa shape index (κ3) is 3.09. The van der Waals surface area contributed by atoms with E-state index >= 15 is 0 Å². The molecule has 8 heteroatoms. The third-order valence-electron chi connectivity index (χ3n) is 3.35. The number of nitrogens with zero attached hydrogens (tertiary/aromatic N) is 3. The van der Waals surface area contributed by atoms with Gasteiger partial charge >= 0.3 is 0 Å². The van der Waals surface area contributed by atoms with Crippen LogP contribution in [0.4, 0.5) is 5.95 Å². The van der Waals surface area contributed by atoms with E-state index in [0.29, 0.717) is 5.82 Å². The molecule has 0 amide bonds. The number of hydrogen-bond acceptors (Lipinski definition) is 5. The van der Waals surface area contributed by atoms with Gasteiger partial charge in [0.25, 0.3) is 16.0 Å². The number of aromatic nitrogens is 3. The molecular formula is C16H16N4O3S. The topological polar surface area (TPSA) is 86.1 Å². The van der Waals surface area contributed by atoms with Crippen LogP contribution < -0.4 is 9.46 Å². The SMILES string of the molecule is COc1ccccc1S(=O)(=O)Nc1nc(C)n(-c2ccccc2)n1. The van der Waals surface area contributed by atoms with E-state index in [-0.39, 0.29) is 16.6 Å². The molecule has 1 N–H and O–H groups in total. The fraction of sp³-hybridized carbons (Fsp3) is 0.125. The number of para-hydroxylation sites is 2. The molecule has 124 valence electrons. The highest BCUT2D eigenvalue weighted by molar-refractivity contribution is 7.92. The first-order valence-electron chi connectivity index (χ1n) is 7.16. The number of sulfonamides is 1. The minimum absolute atomic E-state index is 0.00209. The largest absolute Gasteiger partial charge is 0.495 e. The number of rotatable bonds is 5. The summed E-state index contributed by atoms with van der Waals surface area (Å²) in [5.41, 5.74) is 0.797. The Bertz CT molecular complexity index is 952. The Kier molecular flexibility index (Phi) is 4.22. The van der Waals surface area contributed by atoms with Crippen molar-refractivity contribution in [1.82, 2.24) is 14.8 Å². The van der Waals surface area contributed by atoms with Crippen molar-refractivity contribution < 1.29 is 13.2 Å². The Labute approximate surface area is 140 Å². The maximum absolute atomic E-state index is 12.6. The van der Waals surface area contributed by atoms with Crippen molar-refractivity contribution in [2.75, 3.05) is 11.8 Å². The van der Waals surface area contributed by atoms with Crippen molar-refractivity contribution in [2.24, 2.45) is 0 Å². The van der Waals surface area contributed by atoms with Crippen LogP contribution in [-0.4, -0.2) is 30.3 Å². The van der Waals surface area contributed by atoms with Gasteiger partial charge in [-0.05, 0) is 31.2 Å². The summed E-state index contributed by atoms with van der Waals surface area (Å²) < 4.78 is 34.2. The molecule has 0 saturated heterocycles. The van der Waals surface area contributed by atoms with Gasteiger partial charge in [0.15, 0.2) is 0 Å². The van der Waals surface area contributed by atoms with Gasteiger partial charge in [-0.2, -0.15) is 4.98 Å². The second kappa shape index (κ2) is 6.32. The summed E-state index contributed by atoms with van der Waals surface area (Å²) in [6.45, 7) is 1.75. The lowest BCUT2D eigenvalue weighted by molar-refractivity contribution is 0.403. The summed E-state index contributed by atoms with van der Waals surface area (Å²) in [5, 5.41) is 4.22. The van der Waals surface area contributed by atoms with E-state index in [1.54, 1.807) is 29.8 Å². The fourth-order valence-corrected chi connectivity index (χ4v) is 3.37. The summed E-state index contributed by atoms with van der Waals surface area (Å²) in [7, 11) is -2.44. The molecular weight excluding hydrogens is 328 g/mol. The van der Waals surface area contributed by atoms with Gasteiger partial charge in [0.2, 0.25) is 0 Å². The van der Waals surface area contributed by atoms with Crippen LogP contribution in [0.5, 0.6) is 5.75 Å². The normalized spacial score (nSPS) is 11.2. The number of anilines is 1. The first-order chi connectivity index (χ1) is 11.5. The summed E-state index contributed by atoms with van der Waals surface area (Å²) in [6, 6.07) is 15.7. The zero-order valence-corrected chi connectivity index (χ0v) is 14.0. The highest BCUT2D eigenvalue weighted by Gasteiger charge is 2.21. The van der Waals surface area contributed by atoms with Crippen molar-refractivity contribution in [3.05, 3.63) is 60.4 Å². The molecule has 0 atom stereocenters. The van der Waals surface area contributed by atoms with E-state index in [2.05, 4.69) is 14.8 Å². The predicted molar refractivity (Wildman–Crippen MR) is 89.9 cm³/mol. The van der Waals surface area contributed by atoms with Crippen molar-refractivity contribution in [2.45, 2.75) is 11.8 Å². The quantitative estimate of drug-likeness (QED) is 0.768. The van der Waals surface area contributed by atoms with E-state index in [0.717, 1.165) is 5.69 Å². The monoisotopic (exact) mass is 344 g/mol. The minimum Gasteiger partial charge on any atom is -0.495 e. The maximum atomic E-state index is 12.6. The molecule has 0 unspecified atom stereocenters. The average Bonchev–Trinajstić information content (AvgIpc) is 2.95. The predicted octanol–water partition coefficient (Wildman–Crippen LogP) is 2.39. The maximum Gasteiger partial charge on any atom is 0.267 e. The lowest BCUT2D eigenvalue weighted by atomic mass is 10.3. The van der Waals surface area contributed by atoms with Crippen LogP contribution >= 0.6 is 0 Å². The molecule has 0 bridgehead atoms. The number of methoxy groups -OCH3 is 1. The Hall–Kier alpha value is -2.87. The molecule has 0 aliphatic rings. The highest BCUT2D eigenvalue weighted by atomic mass is 32.2. The average molecular weight is 344 g/mol. The van der Waals surface area contributed by atoms with Crippen molar-refractivity contribution >= 4 is 16.0 Å². The second-order valence-corrected chi connectivity index (χ2v) is 6.64. The fourth-order valence-electron chi connectivity index (χ4n) is 2.26. The van der Waals surface area contributed by atoms with Crippen molar-refractivity contribution in [3.63, 3.8) is 0 Å². The van der Waals surface area contributed by atoms with Crippen LogP contribution in [0, 0.1) is 6.92 Å². The summed E-state index contributed by atoms with van der Waals surface area (Å²) in [6.07, 6.45) is 0. The van der Waals surface area contributed by atoms with Gasteiger partial charge in [0.05, 0.1) is 12.8 Å². The van der Waals surface area contributed by atoms with E-state index in [9.17, 15) is 8.42 Å². The Morgan fingerprint density at radius 1 is 1.04 bits per heavy atom. The smallest absolute Gasteiger partial charge is 0.267 e. The number of ether oxygens (including phenoxy) is 1. The zero-order valence-electron chi connectivity index (χ0n) is 13.2. The molecule has 3 aromatic rings. The molecule has 0 radical (unpaired) electrons. The van der Waals surface area contributed by atoms with E-state index in [1.807, 2.05) is 30.3 Å². The van der Waals surface area contributed by atoms with Crippen molar-refractivity contribution in [1.29, 1.82) is 0 Å². The van der Waals surface area contributed by atoms with Gasteiger partial charge in [-0.25, -0.2) is 17.8 Å². The minimum atomic E-state index is -3.86. The van der Waals surface area contributed by atoms with E-state index in [1.165, 1.54) is 13.2 Å². The molecule has 0 aliphatic carbocycles. The Balaban J connectivity index is 1.94. The van der Waals surface area contributed by atoms with Crippen LogP contribution in [0.15, 0.2) is 59.5 Å². The summed E-state index contributed by atoms with van der Waals surface area (Å²) in [5.74, 6) is 0.824. The van der Waals surface area contributed by atoms with Gasteiger partial charge in [0.1, 0.15) is 16.5 Å². The number of aryl methyl sites for hydroxylation is 1. The van der Waals surface area contributed by atoms with Crippen LogP contribution in [-0.2, 0) is 10.0 Å². The molecule has 3 rings (SSSR count). The van der Waals surface area contributed by atoms with Crippen LogP contribution in [0.3, 0.4) is 0 Å². The molecule has 1 aromatic heterocycles. The van der Waals surface area contributed by atoms with Gasteiger partial charge in [-0.3, -0.25) is 0 Å². The molecule has 0 aliphatic heterocycles. The summed E-state index contributed by atoms with van der Waals surface area (Å²) in [4.78, 5) is 4.20. The van der Waals surface area contributed by atoms with Gasteiger partial charge in [-0.15, -0.1) is 5.10 Å². The number of hydrogen-bond donors (Lipinski definition) is 1. The first kappa shape index (κ1) is 16.0. The van der Waals surface area contributed by atoms with E-state index < -0.39 is 10.0 Å². The number of nitrogens with one attached hydrogen (secondary N) is 1. The first-order valence-corrected chi connectivity index (χ1v) is 8.64. The highest BCUT2D eigenvalue weighted by Crippen LogP contribution is 2.24. The molecule has 0 saturated carbocycles. The molecule has 1 heterocycles. The van der Waals surface area contributed by atoms with Crippen LogP contribution in [0.1, 0.15) is 5.82 Å². The van der Waals surface area contributed by atoms with Gasteiger partial charge < -0.3 is 4.74 Å². The Morgan fingerprint density at radius 3 is 2.42 bits per heavy atom. The van der Waals surface area contributed by atoms with Crippen LogP contribution in [0.25, 0.3) is 5.69 Å². The lowest BCUT2D eigenvalue weighted by Crippen LogP contribution is -2.15. The molecule has 24 heavy (non-hydrogen) atoms. The lowest BCUT2D eigenvalue weighted by Gasteiger charge is -2.08. The molecule has 0 spiro atoms. The molecule has 7 nitrogen and oxygen atoms in total. The second-order valence-electron chi connectivity index (χ2n) is 4.99. The van der Waals surface area contributed by atoms with Crippen molar-refractivity contribution in [3.8, 4) is 11.4 Å². The van der Waals surface area contributed by atoms with Gasteiger partial charge in [0, 0.05) is 0 Å². The molecule has 0 fully saturated rings. The zero-order chi connectivity index (χ0) is 17.2. The Morgan fingerprint density at radius 2 is 1.71 bits per heavy atom. The summed E-state index contributed by atoms with van der Waals surface area (Å²) >= 11 is 0. The van der Waals surface area contributed by atoms with Gasteiger partial charge in [-0.1, -0.05) is 30.3 Å². The third-order valence-corrected chi connectivity index (χ3v) is 4.72. The standard InChI is InChI=1S/C16H16N4O3S/c1-12-17-16(18-20(12)13-8-4-3-5-9-13)19-24(21,22)15-11-7-6-10-14(15)23-2/h3-11H,1-2H3,(H,18,19). The number of benzene rings is 2.